The molecule has 0 heterocycles. The average molecular weight is 425 g/mol. The third-order valence-electron chi connectivity index (χ3n) is 4.64. The van der Waals surface area contributed by atoms with Crippen LogP contribution in [0.2, 0.25) is 0 Å². The number of anilines is 2. The number of carbonyl (C=O) groups is 1. The molecule has 1 amide bonds. The molecule has 0 atom stereocenters. The summed E-state index contributed by atoms with van der Waals surface area (Å²) < 4.78 is 30.9. The van der Waals surface area contributed by atoms with Crippen molar-refractivity contribution < 1.29 is 17.9 Å². The van der Waals surface area contributed by atoms with Crippen molar-refractivity contribution in [2.45, 2.75) is 13.5 Å². The quantitative estimate of drug-likeness (QED) is 0.585. The van der Waals surface area contributed by atoms with Gasteiger partial charge in [0.15, 0.2) is 0 Å². The maximum Gasteiger partial charge on any atom is 0.255 e. The zero-order valence-electron chi connectivity index (χ0n) is 16.9. The van der Waals surface area contributed by atoms with Crippen molar-refractivity contribution in [3.8, 4) is 5.75 Å². The van der Waals surface area contributed by atoms with Crippen molar-refractivity contribution in [1.29, 1.82) is 0 Å². The Hall–Kier alpha value is -3.32. The fraction of sp³-hybridized carbons (Fsp3) is 0.174. The fourth-order valence-electron chi connectivity index (χ4n) is 2.76. The lowest BCUT2D eigenvalue weighted by Crippen LogP contribution is -2.28. The molecular weight excluding hydrogens is 400 g/mol. The van der Waals surface area contributed by atoms with Crippen LogP contribution in [0.4, 0.5) is 11.4 Å². The molecule has 0 aliphatic rings. The average Bonchev–Trinajstić information content (AvgIpc) is 2.79. The third kappa shape index (κ3) is 5.39. The summed E-state index contributed by atoms with van der Waals surface area (Å²) in [6.07, 6.45) is 0. The summed E-state index contributed by atoms with van der Waals surface area (Å²) in [6.45, 7) is 2.06. The van der Waals surface area contributed by atoms with E-state index in [1.54, 1.807) is 55.5 Å². The van der Waals surface area contributed by atoms with Gasteiger partial charge in [-0.1, -0.05) is 30.3 Å². The zero-order chi connectivity index (χ0) is 21.6. The molecular formula is C23H24N2O4S. The van der Waals surface area contributed by atoms with E-state index in [1.165, 1.54) is 11.4 Å². The van der Waals surface area contributed by atoms with E-state index in [0.29, 0.717) is 29.3 Å². The number of rotatable bonds is 8. The van der Waals surface area contributed by atoms with Gasteiger partial charge in [-0.15, -0.1) is 0 Å². The molecule has 0 fully saturated rings. The lowest BCUT2D eigenvalue weighted by atomic mass is 10.2. The van der Waals surface area contributed by atoms with Crippen molar-refractivity contribution >= 4 is 27.3 Å². The molecule has 3 rings (SSSR count). The van der Waals surface area contributed by atoms with Crippen LogP contribution in [0.3, 0.4) is 0 Å². The summed E-state index contributed by atoms with van der Waals surface area (Å²) in [4.78, 5) is 12.5. The minimum Gasteiger partial charge on any atom is -0.489 e. The summed E-state index contributed by atoms with van der Waals surface area (Å²) in [5.41, 5.74) is 2.66. The minimum absolute atomic E-state index is 0.0107. The number of benzene rings is 3. The van der Waals surface area contributed by atoms with Crippen LogP contribution in [0.1, 0.15) is 22.8 Å². The Morgan fingerprint density at radius 1 is 0.933 bits per heavy atom. The van der Waals surface area contributed by atoms with Crippen LogP contribution in [-0.4, -0.2) is 27.1 Å². The van der Waals surface area contributed by atoms with Crippen LogP contribution in [-0.2, 0) is 16.6 Å². The molecule has 7 heteroatoms. The van der Waals surface area contributed by atoms with Crippen LogP contribution >= 0.6 is 0 Å². The van der Waals surface area contributed by atoms with Crippen LogP contribution in [0, 0.1) is 0 Å². The van der Waals surface area contributed by atoms with E-state index in [-0.39, 0.29) is 11.7 Å². The first kappa shape index (κ1) is 21.4. The Morgan fingerprint density at radius 2 is 1.57 bits per heavy atom. The monoisotopic (exact) mass is 424 g/mol. The molecule has 1 N–H and O–H groups in total. The molecule has 0 saturated heterocycles. The number of hydrogen-bond donors (Lipinski definition) is 1. The van der Waals surface area contributed by atoms with Gasteiger partial charge >= 0.3 is 0 Å². The van der Waals surface area contributed by atoms with Crippen molar-refractivity contribution in [3.05, 3.63) is 90.0 Å². The van der Waals surface area contributed by atoms with Gasteiger partial charge in [-0.3, -0.25) is 9.10 Å². The van der Waals surface area contributed by atoms with Gasteiger partial charge in [-0.05, 0) is 61.0 Å². The van der Waals surface area contributed by atoms with E-state index in [0.717, 1.165) is 5.56 Å². The van der Waals surface area contributed by atoms with E-state index in [9.17, 15) is 13.2 Å². The van der Waals surface area contributed by atoms with Crippen LogP contribution in [0.15, 0.2) is 78.9 Å². The van der Waals surface area contributed by atoms with Gasteiger partial charge in [-0.25, -0.2) is 8.42 Å². The van der Waals surface area contributed by atoms with Crippen molar-refractivity contribution in [2.75, 3.05) is 22.4 Å². The summed E-state index contributed by atoms with van der Waals surface area (Å²) in [6, 6.07) is 23.4. The summed E-state index contributed by atoms with van der Waals surface area (Å²) in [5, 5.41) is 2.82. The first-order valence-corrected chi connectivity index (χ1v) is 11.1. The van der Waals surface area contributed by atoms with E-state index in [4.69, 9.17) is 4.74 Å². The van der Waals surface area contributed by atoms with Gasteiger partial charge in [0.1, 0.15) is 12.4 Å². The number of carbonyl (C=O) groups excluding carboxylic acids is 1. The molecule has 0 aliphatic carbocycles. The van der Waals surface area contributed by atoms with Gasteiger partial charge in [0.25, 0.3) is 5.91 Å². The van der Waals surface area contributed by atoms with Gasteiger partial charge in [0.2, 0.25) is 10.0 Å². The third-order valence-corrected chi connectivity index (χ3v) is 6.41. The molecule has 0 spiro atoms. The van der Waals surface area contributed by atoms with Crippen LogP contribution in [0.5, 0.6) is 5.75 Å². The van der Waals surface area contributed by atoms with Crippen molar-refractivity contribution in [3.63, 3.8) is 0 Å². The number of sulfonamides is 1. The Balaban J connectivity index is 1.59. The molecule has 0 radical (unpaired) electrons. The van der Waals surface area contributed by atoms with Crippen molar-refractivity contribution in [2.24, 2.45) is 0 Å². The molecule has 30 heavy (non-hydrogen) atoms. The van der Waals surface area contributed by atoms with Gasteiger partial charge in [0.05, 0.1) is 11.4 Å². The number of hydrogen-bond acceptors (Lipinski definition) is 4. The second-order valence-corrected chi connectivity index (χ2v) is 8.96. The first-order valence-electron chi connectivity index (χ1n) is 9.54. The predicted molar refractivity (Wildman–Crippen MR) is 119 cm³/mol. The fourth-order valence-corrected chi connectivity index (χ4v) is 3.59. The largest absolute Gasteiger partial charge is 0.489 e. The summed E-state index contributed by atoms with van der Waals surface area (Å²) in [5.74, 6) is 0.443. The highest BCUT2D eigenvalue weighted by atomic mass is 32.2. The molecule has 156 valence electrons. The lowest BCUT2D eigenvalue weighted by Gasteiger charge is -2.18. The maximum atomic E-state index is 12.5. The maximum absolute atomic E-state index is 12.5. The Labute approximate surface area is 177 Å². The molecule has 3 aromatic carbocycles. The highest BCUT2D eigenvalue weighted by Gasteiger charge is 2.16. The Kier molecular flexibility index (Phi) is 6.74. The highest BCUT2D eigenvalue weighted by Crippen LogP contribution is 2.20. The highest BCUT2D eigenvalue weighted by molar-refractivity contribution is 7.92. The van der Waals surface area contributed by atoms with Crippen LogP contribution in [0.25, 0.3) is 0 Å². The topological polar surface area (TPSA) is 75.7 Å². The van der Waals surface area contributed by atoms with Gasteiger partial charge in [0, 0.05) is 18.3 Å². The van der Waals surface area contributed by atoms with E-state index in [2.05, 4.69) is 5.32 Å². The Morgan fingerprint density at radius 3 is 2.17 bits per heavy atom. The number of ether oxygens (including phenoxy) is 1. The molecule has 0 saturated carbocycles. The smallest absolute Gasteiger partial charge is 0.255 e. The number of nitrogens with zero attached hydrogens (tertiary/aromatic N) is 1. The minimum atomic E-state index is -3.34. The van der Waals surface area contributed by atoms with Crippen LogP contribution < -0.4 is 14.4 Å². The Bertz CT molecular complexity index is 1080. The normalized spacial score (nSPS) is 11.0. The second kappa shape index (κ2) is 9.45. The molecule has 0 aliphatic heterocycles. The molecule has 6 nitrogen and oxygen atoms in total. The summed E-state index contributed by atoms with van der Waals surface area (Å²) in [7, 11) is -1.84. The standard InChI is InChI=1S/C23H24N2O4S/c1-3-30(27,28)25(2)21-13-9-19(10-14-21)23(26)24-20-11-15-22(16-12-20)29-17-18-7-5-4-6-8-18/h4-16H,3,17H2,1-2H3,(H,24,26). The molecule has 0 aromatic heterocycles. The number of nitrogens with one attached hydrogen (secondary N) is 1. The van der Waals surface area contributed by atoms with E-state index in [1.807, 2.05) is 30.3 Å². The molecule has 0 bridgehead atoms. The van der Waals surface area contributed by atoms with Gasteiger partial charge < -0.3 is 10.1 Å². The molecule has 3 aromatic rings. The summed E-state index contributed by atoms with van der Waals surface area (Å²) >= 11 is 0. The SMILES string of the molecule is CCS(=O)(=O)N(C)c1ccc(C(=O)Nc2ccc(OCc3ccccc3)cc2)cc1. The predicted octanol–water partition coefficient (Wildman–Crippen LogP) is 4.30. The van der Waals surface area contributed by atoms with E-state index >= 15 is 0 Å². The van der Waals surface area contributed by atoms with Gasteiger partial charge in [-0.2, -0.15) is 0 Å². The molecule has 0 unspecified atom stereocenters. The first-order chi connectivity index (χ1) is 14.4. The van der Waals surface area contributed by atoms with E-state index < -0.39 is 10.0 Å². The second-order valence-electron chi connectivity index (χ2n) is 6.67. The van der Waals surface area contributed by atoms with Crippen molar-refractivity contribution in [1.82, 2.24) is 0 Å². The zero-order valence-corrected chi connectivity index (χ0v) is 17.7. The lowest BCUT2D eigenvalue weighted by molar-refractivity contribution is 0.102. The number of amides is 1.